The lowest BCUT2D eigenvalue weighted by molar-refractivity contribution is -0.184. The molecule has 0 aliphatic heterocycles. The highest BCUT2D eigenvalue weighted by atomic mass is 16.5. The number of hydrogen-bond acceptors (Lipinski definition) is 3. The Morgan fingerprint density at radius 1 is 1.45 bits per heavy atom. The second-order valence-electron chi connectivity index (χ2n) is 7.39. The molecule has 4 atom stereocenters. The van der Waals surface area contributed by atoms with E-state index in [0.717, 1.165) is 19.3 Å². The minimum atomic E-state index is -0.667. The fourth-order valence-corrected chi connectivity index (χ4v) is 4.12. The first-order chi connectivity index (χ1) is 9.17. The van der Waals surface area contributed by atoms with E-state index in [2.05, 4.69) is 26.8 Å². The van der Waals surface area contributed by atoms with Gasteiger partial charge >= 0.3 is 5.97 Å². The topological polar surface area (TPSA) is 46.5 Å². The first-order valence-corrected chi connectivity index (χ1v) is 7.75. The summed E-state index contributed by atoms with van der Waals surface area (Å²) in [5, 5.41) is 10.8. The summed E-state index contributed by atoms with van der Waals surface area (Å²) < 4.78 is 5.57. The van der Waals surface area contributed by atoms with E-state index in [-0.39, 0.29) is 23.4 Å². The number of ether oxygens (including phenoxy) is 1. The number of allylic oxidation sites excluding steroid dienone is 2. The largest absolute Gasteiger partial charge is 0.462 e. The number of carbonyl (C=O) groups is 1. The zero-order valence-corrected chi connectivity index (χ0v) is 13.4. The van der Waals surface area contributed by atoms with Crippen LogP contribution < -0.4 is 0 Å². The molecule has 114 valence electrons. The highest BCUT2D eigenvalue weighted by Gasteiger charge is 2.55. The summed E-state index contributed by atoms with van der Waals surface area (Å²) >= 11 is 0. The zero-order valence-electron chi connectivity index (χ0n) is 13.4. The molecule has 3 nitrogen and oxygen atoms in total. The van der Waals surface area contributed by atoms with Gasteiger partial charge in [-0.3, -0.25) is 4.79 Å². The van der Waals surface area contributed by atoms with Crippen LogP contribution in [0.25, 0.3) is 0 Å². The molecule has 0 aromatic heterocycles. The maximum atomic E-state index is 11.4. The van der Waals surface area contributed by atoms with Gasteiger partial charge in [0.05, 0.1) is 5.60 Å². The van der Waals surface area contributed by atoms with Crippen LogP contribution >= 0.6 is 0 Å². The molecule has 0 spiro atoms. The van der Waals surface area contributed by atoms with Crippen molar-refractivity contribution in [2.45, 2.75) is 72.0 Å². The molecule has 0 aromatic carbocycles. The molecule has 2 aliphatic rings. The molecule has 0 heterocycles. The third kappa shape index (κ3) is 2.65. The molecule has 0 radical (unpaired) electrons. The molecular formula is C17H28O3. The smallest absolute Gasteiger partial charge is 0.302 e. The van der Waals surface area contributed by atoms with Crippen LogP contribution in [0.2, 0.25) is 0 Å². The molecule has 0 aromatic rings. The van der Waals surface area contributed by atoms with Crippen LogP contribution in [0.3, 0.4) is 0 Å². The highest BCUT2D eigenvalue weighted by molar-refractivity contribution is 5.66. The normalized spacial score (nSPS) is 41.0. The van der Waals surface area contributed by atoms with Crippen molar-refractivity contribution in [2.24, 2.45) is 17.3 Å². The van der Waals surface area contributed by atoms with Gasteiger partial charge in [0.15, 0.2) is 0 Å². The summed E-state index contributed by atoms with van der Waals surface area (Å²) in [6.45, 7) is 10.0. The van der Waals surface area contributed by atoms with E-state index in [1.807, 2.05) is 6.92 Å². The number of carbonyl (C=O) groups excluding carboxylic acids is 1. The summed E-state index contributed by atoms with van der Waals surface area (Å²) in [5.41, 5.74) is 0.613. The van der Waals surface area contributed by atoms with Crippen molar-refractivity contribution in [1.29, 1.82) is 0 Å². The lowest BCUT2D eigenvalue weighted by Gasteiger charge is -2.55. The monoisotopic (exact) mass is 280 g/mol. The summed E-state index contributed by atoms with van der Waals surface area (Å²) in [6, 6.07) is 0. The first kappa shape index (κ1) is 15.6. The van der Waals surface area contributed by atoms with E-state index in [1.165, 1.54) is 12.5 Å². The van der Waals surface area contributed by atoms with Crippen molar-refractivity contribution in [2.75, 3.05) is 0 Å². The van der Waals surface area contributed by atoms with Crippen LogP contribution in [0.15, 0.2) is 11.6 Å². The minimum absolute atomic E-state index is 0.0739. The maximum absolute atomic E-state index is 11.4. The summed E-state index contributed by atoms with van der Waals surface area (Å²) in [6.07, 6.45) is 5.49. The second kappa shape index (κ2) is 5.18. The number of hydrogen-bond donors (Lipinski definition) is 1. The molecule has 2 aliphatic carbocycles. The third-order valence-electron chi connectivity index (χ3n) is 5.49. The van der Waals surface area contributed by atoms with Crippen LogP contribution in [-0.2, 0) is 9.53 Å². The van der Waals surface area contributed by atoms with Crippen molar-refractivity contribution in [1.82, 2.24) is 0 Å². The Morgan fingerprint density at radius 2 is 2.10 bits per heavy atom. The quantitative estimate of drug-likeness (QED) is 0.622. The Bertz CT molecular complexity index is 422. The van der Waals surface area contributed by atoms with E-state index in [9.17, 15) is 9.90 Å². The molecule has 3 heteroatoms. The van der Waals surface area contributed by atoms with Crippen molar-refractivity contribution in [3.63, 3.8) is 0 Å². The van der Waals surface area contributed by atoms with Gasteiger partial charge in [-0.1, -0.05) is 32.4 Å². The summed E-state index contributed by atoms with van der Waals surface area (Å²) in [4.78, 5) is 11.4. The molecule has 0 bridgehead atoms. The first-order valence-electron chi connectivity index (χ1n) is 7.75. The van der Waals surface area contributed by atoms with Crippen LogP contribution in [0.5, 0.6) is 0 Å². The van der Waals surface area contributed by atoms with E-state index in [0.29, 0.717) is 12.3 Å². The lowest BCUT2D eigenvalue weighted by Crippen LogP contribution is -2.57. The van der Waals surface area contributed by atoms with Crippen LogP contribution in [-0.4, -0.2) is 22.8 Å². The minimum Gasteiger partial charge on any atom is -0.462 e. The van der Waals surface area contributed by atoms with Crippen LogP contribution in [0.1, 0.15) is 60.3 Å². The molecule has 1 N–H and O–H groups in total. The molecular weight excluding hydrogens is 252 g/mol. The number of fused-ring (bicyclic) bond motifs is 1. The number of aliphatic hydroxyl groups is 1. The zero-order chi connectivity index (χ0) is 15.1. The van der Waals surface area contributed by atoms with Gasteiger partial charge < -0.3 is 9.84 Å². The van der Waals surface area contributed by atoms with Gasteiger partial charge in [0.2, 0.25) is 0 Å². The van der Waals surface area contributed by atoms with Crippen molar-refractivity contribution in [3.8, 4) is 0 Å². The van der Waals surface area contributed by atoms with Gasteiger partial charge in [-0.05, 0) is 38.5 Å². The molecule has 1 fully saturated rings. The standard InChI is InChI=1S/C17H28O3/c1-11(2)13-6-8-16(4)14(10-13)17(5,19)9-7-15(16)20-12(3)18/h6,11,14-15,19H,7-10H2,1-5H3. The molecule has 2 rings (SSSR count). The molecule has 20 heavy (non-hydrogen) atoms. The van der Waals surface area contributed by atoms with Crippen molar-refractivity contribution < 1.29 is 14.6 Å². The second-order valence-corrected chi connectivity index (χ2v) is 7.39. The molecule has 4 unspecified atom stereocenters. The van der Waals surface area contributed by atoms with Crippen molar-refractivity contribution >= 4 is 5.97 Å². The van der Waals surface area contributed by atoms with E-state index in [1.54, 1.807) is 0 Å². The van der Waals surface area contributed by atoms with Gasteiger partial charge in [0.1, 0.15) is 6.10 Å². The van der Waals surface area contributed by atoms with Crippen molar-refractivity contribution in [3.05, 3.63) is 11.6 Å². The fraction of sp³-hybridized carbons (Fsp3) is 0.824. The van der Waals surface area contributed by atoms with Crippen LogP contribution in [0.4, 0.5) is 0 Å². The third-order valence-corrected chi connectivity index (χ3v) is 5.49. The Labute approximate surface area is 122 Å². The predicted molar refractivity (Wildman–Crippen MR) is 79.2 cm³/mol. The van der Waals surface area contributed by atoms with E-state index in [4.69, 9.17) is 4.74 Å². The number of rotatable bonds is 2. The lowest BCUT2D eigenvalue weighted by atomic mass is 9.54. The Hall–Kier alpha value is -0.830. The molecule has 0 amide bonds. The van der Waals surface area contributed by atoms with Gasteiger partial charge in [0, 0.05) is 18.3 Å². The highest BCUT2D eigenvalue weighted by Crippen LogP contribution is 2.55. The average molecular weight is 280 g/mol. The summed E-state index contributed by atoms with van der Waals surface area (Å²) in [7, 11) is 0. The van der Waals surface area contributed by atoms with Crippen LogP contribution in [0, 0.1) is 17.3 Å². The van der Waals surface area contributed by atoms with E-state index >= 15 is 0 Å². The molecule has 1 saturated carbocycles. The SMILES string of the molecule is CC(=O)OC1CCC(C)(O)C2CC(C(C)C)=CCC12C. The van der Waals surface area contributed by atoms with Gasteiger partial charge in [0.25, 0.3) is 0 Å². The van der Waals surface area contributed by atoms with E-state index < -0.39 is 5.60 Å². The summed E-state index contributed by atoms with van der Waals surface area (Å²) in [5.74, 6) is 0.468. The maximum Gasteiger partial charge on any atom is 0.302 e. The Kier molecular flexibility index (Phi) is 4.03. The van der Waals surface area contributed by atoms with Gasteiger partial charge in [-0.15, -0.1) is 0 Å². The molecule has 0 saturated heterocycles. The average Bonchev–Trinajstić information content (AvgIpc) is 2.32. The van der Waals surface area contributed by atoms with Gasteiger partial charge in [-0.25, -0.2) is 0 Å². The van der Waals surface area contributed by atoms with Gasteiger partial charge in [-0.2, -0.15) is 0 Å². The number of esters is 1. The predicted octanol–water partition coefficient (Wildman–Crippen LogP) is 3.46. The fourth-order valence-electron chi connectivity index (χ4n) is 4.12. The Morgan fingerprint density at radius 3 is 2.65 bits per heavy atom. The Balaban J connectivity index is 2.33.